The number of halogens is 3. The molecule has 0 bridgehead atoms. The summed E-state index contributed by atoms with van der Waals surface area (Å²) in [5, 5.41) is 7.33. The van der Waals surface area contributed by atoms with Crippen LogP contribution in [0, 0.1) is 11.8 Å². The molecule has 0 atom stereocenters. The first-order chi connectivity index (χ1) is 16.2. The Hall–Kier alpha value is -3.36. The molecule has 34 heavy (non-hydrogen) atoms. The molecule has 1 amide bonds. The van der Waals surface area contributed by atoms with Crippen molar-refractivity contribution in [3.63, 3.8) is 0 Å². The zero-order chi connectivity index (χ0) is 24.3. The second-order valence-corrected chi connectivity index (χ2v) is 8.93. The summed E-state index contributed by atoms with van der Waals surface area (Å²) in [6, 6.07) is 12.0. The lowest BCUT2D eigenvalue weighted by atomic mass is 10.1. The molecule has 3 aromatic rings. The summed E-state index contributed by atoms with van der Waals surface area (Å²) in [6.07, 6.45) is -0.520. The molecule has 0 radical (unpaired) electrons. The number of anilines is 1. The number of nitrogens with one attached hydrogen (secondary N) is 1. The van der Waals surface area contributed by atoms with Gasteiger partial charge in [-0.2, -0.15) is 18.2 Å². The van der Waals surface area contributed by atoms with Gasteiger partial charge in [-0.15, -0.1) is 5.10 Å². The molecule has 0 unspecified atom stereocenters. The van der Waals surface area contributed by atoms with E-state index < -0.39 is 11.7 Å². The Balaban J connectivity index is 1.64. The average Bonchev–Trinajstić information content (AvgIpc) is 3.48. The fraction of sp³-hybridized carbons (Fsp3) is 0.400. The van der Waals surface area contributed by atoms with E-state index in [1.165, 1.54) is 10.7 Å². The molecule has 1 fully saturated rings. The summed E-state index contributed by atoms with van der Waals surface area (Å²) in [7, 11) is 0. The van der Waals surface area contributed by atoms with Gasteiger partial charge in [0.1, 0.15) is 0 Å². The van der Waals surface area contributed by atoms with Crippen molar-refractivity contribution in [2.75, 3.05) is 11.9 Å². The number of alkyl halides is 3. The van der Waals surface area contributed by atoms with E-state index in [2.05, 4.69) is 15.4 Å². The number of benzene rings is 2. The standard InChI is InChI=1S/C25H27F3N4O2/c1-16(2)15-34-24-30-22(18-8-5-9-19(14-18)25(26,27)28)32(31-24)21-12-10-20(11-13-21)29-23(33)17-6-3-4-7-17/h5,8-14,16-17H,3-4,6-7,15H2,1-2H3,(H,29,33). The molecule has 1 aromatic heterocycles. The third-order valence-corrected chi connectivity index (χ3v) is 5.69. The minimum Gasteiger partial charge on any atom is -0.462 e. The van der Waals surface area contributed by atoms with Crippen LogP contribution in [0.4, 0.5) is 18.9 Å². The van der Waals surface area contributed by atoms with Crippen molar-refractivity contribution in [2.24, 2.45) is 11.8 Å². The van der Waals surface area contributed by atoms with E-state index in [-0.39, 0.29) is 35.1 Å². The normalized spacial score (nSPS) is 14.5. The topological polar surface area (TPSA) is 69.0 Å². The Bertz CT molecular complexity index is 1130. The molecule has 180 valence electrons. The van der Waals surface area contributed by atoms with Crippen LogP contribution in [-0.2, 0) is 11.0 Å². The third kappa shape index (κ3) is 5.58. The molecule has 9 heteroatoms. The zero-order valence-corrected chi connectivity index (χ0v) is 19.1. The maximum absolute atomic E-state index is 13.3. The van der Waals surface area contributed by atoms with Crippen molar-refractivity contribution in [1.82, 2.24) is 14.8 Å². The van der Waals surface area contributed by atoms with E-state index in [0.717, 1.165) is 37.8 Å². The van der Waals surface area contributed by atoms with Crippen molar-refractivity contribution in [2.45, 2.75) is 45.7 Å². The predicted molar refractivity (Wildman–Crippen MR) is 123 cm³/mol. The lowest BCUT2D eigenvalue weighted by Gasteiger charge is -2.12. The number of hydrogen-bond donors (Lipinski definition) is 1. The largest absolute Gasteiger partial charge is 0.462 e. The predicted octanol–water partition coefficient (Wildman–Crippen LogP) is 6.12. The van der Waals surface area contributed by atoms with Gasteiger partial charge in [0, 0.05) is 17.2 Å². The van der Waals surface area contributed by atoms with Crippen molar-refractivity contribution in [3.8, 4) is 23.1 Å². The van der Waals surface area contributed by atoms with E-state index in [4.69, 9.17) is 4.74 Å². The highest BCUT2D eigenvalue weighted by atomic mass is 19.4. The molecule has 0 spiro atoms. The molecule has 0 saturated heterocycles. The van der Waals surface area contributed by atoms with Gasteiger partial charge in [0.15, 0.2) is 5.82 Å². The van der Waals surface area contributed by atoms with Gasteiger partial charge in [-0.25, -0.2) is 4.68 Å². The van der Waals surface area contributed by atoms with Crippen molar-refractivity contribution in [3.05, 3.63) is 54.1 Å². The van der Waals surface area contributed by atoms with Gasteiger partial charge in [-0.3, -0.25) is 4.79 Å². The van der Waals surface area contributed by atoms with E-state index in [1.54, 1.807) is 30.3 Å². The fourth-order valence-electron chi connectivity index (χ4n) is 3.92. The summed E-state index contributed by atoms with van der Waals surface area (Å²) in [6.45, 7) is 4.32. The highest BCUT2D eigenvalue weighted by Crippen LogP contribution is 2.33. The molecule has 4 rings (SSSR count). The van der Waals surface area contributed by atoms with Gasteiger partial charge >= 0.3 is 12.2 Å². The van der Waals surface area contributed by atoms with Crippen LogP contribution in [0.5, 0.6) is 6.01 Å². The summed E-state index contributed by atoms with van der Waals surface area (Å²) in [5.41, 5.74) is 0.727. The molecule has 1 heterocycles. The van der Waals surface area contributed by atoms with Crippen LogP contribution in [0.1, 0.15) is 45.1 Å². The molecular weight excluding hydrogens is 445 g/mol. The molecule has 1 saturated carbocycles. The van der Waals surface area contributed by atoms with E-state index in [1.807, 2.05) is 13.8 Å². The maximum atomic E-state index is 13.3. The zero-order valence-electron chi connectivity index (χ0n) is 19.1. The Morgan fingerprint density at radius 2 is 1.85 bits per heavy atom. The number of carbonyl (C=O) groups excluding carboxylic acids is 1. The van der Waals surface area contributed by atoms with Crippen LogP contribution in [0.2, 0.25) is 0 Å². The van der Waals surface area contributed by atoms with Crippen LogP contribution in [0.3, 0.4) is 0 Å². The highest BCUT2D eigenvalue weighted by Gasteiger charge is 2.31. The summed E-state index contributed by atoms with van der Waals surface area (Å²) in [4.78, 5) is 16.8. The smallest absolute Gasteiger partial charge is 0.416 e. The van der Waals surface area contributed by atoms with E-state index in [0.29, 0.717) is 18.0 Å². The first-order valence-electron chi connectivity index (χ1n) is 11.4. The van der Waals surface area contributed by atoms with Crippen LogP contribution in [0.25, 0.3) is 17.1 Å². The minimum absolute atomic E-state index is 0.0139. The summed E-state index contributed by atoms with van der Waals surface area (Å²) < 4.78 is 46.9. The Morgan fingerprint density at radius 1 is 1.15 bits per heavy atom. The second-order valence-electron chi connectivity index (χ2n) is 8.93. The molecule has 0 aliphatic heterocycles. The quantitative estimate of drug-likeness (QED) is 0.450. The average molecular weight is 473 g/mol. The number of ether oxygens (including phenoxy) is 1. The van der Waals surface area contributed by atoms with Crippen LogP contribution < -0.4 is 10.1 Å². The van der Waals surface area contributed by atoms with Crippen LogP contribution in [-0.4, -0.2) is 27.3 Å². The lowest BCUT2D eigenvalue weighted by molar-refractivity contribution is -0.137. The number of amides is 1. The number of aromatic nitrogens is 3. The Labute approximate surface area is 196 Å². The van der Waals surface area contributed by atoms with E-state index >= 15 is 0 Å². The third-order valence-electron chi connectivity index (χ3n) is 5.69. The van der Waals surface area contributed by atoms with Gasteiger partial charge in [0.25, 0.3) is 0 Å². The van der Waals surface area contributed by atoms with E-state index in [9.17, 15) is 18.0 Å². The Morgan fingerprint density at radius 3 is 2.50 bits per heavy atom. The maximum Gasteiger partial charge on any atom is 0.416 e. The van der Waals surface area contributed by atoms with Gasteiger partial charge in [-0.1, -0.05) is 38.8 Å². The van der Waals surface area contributed by atoms with Crippen molar-refractivity contribution in [1.29, 1.82) is 0 Å². The first-order valence-corrected chi connectivity index (χ1v) is 11.4. The fourth-order valence-corrected chi connectivity index (χ4v) is 3.92. The number of carbonyl (C=O) groups is 1. The summed E-state index contributed by atoms with van der Waals surface area (Å²) in [5.74, 6) is 0.516. The summed E-state index contributed by atoms with van der Waals surface area (Å²) >= 11 is 0. The molecule has 1 aliphatic rings. The second kappa shape index (κ2) is 9.87. The first kappa shape index (κ1) is 23.8. The van der Waals surface area contributed by atoms with Gasteiger partial charge in [0.05, 0.1) is 17.9 Å². The molecular formula is C25H27F3N4O2. The number of rotatable bonds is 7. The van der Waals surface area contributed by atoms with Gasteiger partial charge in [-0.05, 0) is 55.2 Å². The number of nitrogens with zero attached hydrogens (tertiary/aromatic N) is 3. The van der Waals surface area contributed by atoms with Crippen molar-refractivity contribution < 1.29 is 22.7 Å². The van der Waals surface area contributed by atoms with Crippen LogP contribution in [0.15, 0.2) is 48.5 Å². The number of hydrogen-bond acceptors (Lipinski definition) is 4. The molecule has 6 nitrogen and oxygen atoms in total. The molecule has 1 N–H and O–H groups in total. The lowest BCUT2D eigenvalue weighted by Crippen LogP contribution is -2.20. The SMILES string of the molecule is CC(C)COc1nc(-c2cccc(C(F)(F)F)c2)n(-c2ccc(NC(=O)C3CCCC3)cc2)n1. The minimum atomic E-state index is -4.48. The van der Waals surface area contributed by atoms with Crippen molar-refractivity contribution >= 4 is 11.6 Å². The molecule has 1 aliphatic carbocycles. The Kier molecular flexibility index (Phi) is 6.90. The monoisotopic (exact) mass is 472 g/mol. The van der Waals surface area contributed by atoms with Crippen LogP contribution >= 0.6 is 0 Å². The highest BCUT2D eigenvalue weighted by molar-refractivity contribution is 5.92. The van der Waals surface area contributed by atoms with Gasteiger partial charge < -0.3 is 10.1 Å². The molecule has 2 aromatic carbocycles. The van der Waals surface area contributed by atoms with Gasteiger partial charge in [0.2, 0.25) is 5.91 Å².